The van der Waals surface area contributed by atoms with Gasteiger partial charge in [-0.05, 0) is 42.5 Å². The van der Waals surface area contributed by atoms with Crippen LogP contribution in [-0.2, 0) is 18.9 Å². The molecule has 2 aromatic carbocycles. The van der Waals surface area contributed by atoms with Gasteiger partial charge in [0, 0.05) is 38.8 Å². The quantitative estimate of drug-likeness (QED) is 0.437. The number of carbonyl (C=O) groups is 1. The summed E-state index contributed by atoms with van der Waals surface area (Å²) in [6.45, 7) is 1.38. The van der Waals surface area contributed by atoms with Crippen LogP contribution in [0.4, 0.5) is 0 Å². The minimum atomic E-state index is -0.396. The van der Waals surface area contributed by atoms with E-state index in [1.807, 2.05) is 11.0 Å². The second-order valence-corrected chi connectivity index (χ2v) is 9.37. The Morgan fingerprint density at radius 2 is 1.73 bits per heavy atom. The number of carbonyl (C=O) groups excluding carboxylic acids is 1. The minimum absolute atomic E-state index is 0.0399. The Balaban J connectivity index is 1.27. The molecule has 0 aliphatic carbocycles. The Hall–Kier alpha value is -4.27. The number of nitrogens with one attached hydrogen (secondary N) is 1. The molecule has 192 valence electrons. The Kier molecular flexibility index (Phi) is 6.60. The first-order chi connectivity index (χ1) is 17.9. The van der Waals surface area contributed by atoms with Crippen molar-refractivity contribution in [3.63, 3.8) is 0 Å². The van der Waals surface area contributed by atoms with Crippen LogP contribution in [-0.4, -0.2) is 51.7 Å². The summed E-state index contributed by atoms with van der Waals surface area (Å²) in [6, 6.07) is 17.5. The van der Waals surface area contributed by atoms with Gasteiger partial charge in [0.1, 0.15) is 17.0 Å². The number of rotatable bonds is 6. The van der Waals surface area contributed by atoms with Gasteiger partial charge in [-0.3, -0.25) is 18.7 Å². The highest BCUT2D eigenvalue weighted by molar-refractivity contribution is 5.84. The number of aromatic nitrogens is 3. The third kappa shape index (κ3) is 4.64. The van der Waals surface area contributed by atoms with Crippen LogP contribution in [0.5, 0.6) is 11.5 Å². The van der Waals surface area contributed by atoms with Gasteiger partial charge in [-0.15, -0.1) is 0 Å². The van der Waals surface area contributed by atoms with Gasteiger partial charge >= 0.3 is 5.69 Å². The number of hydrogen-bond acceptors (Lipinski definition) is 5. The molecule has 9 heteroatoms. The predicted octanol–water partition coefficient (Wildman–Crippen LogP) is 3.03. The lowest BCUT2D eigenvalue weighted by Gasteiger charge is -2.32. The number of nitrogens with zero attached hydrogens (tertiary/aromatic N) is 3. The van der Waals surface area contributed by atoms with Gasteiger partial charge < -0.3 is 19.4 Å². The zero-order valence-corrected chi connectivity index (χ0v) is 21.2. The van der Waals surface area contributed by atoms with Crippen LogP contribution in [0.25, 0.3) is 22.3 Å². The van der Waals surface area contributed by atoms with Gasteiger partial charge in [-0.1, -0.05) is 30.3 Å². The van der Waals surface area contributed by atoms with E-state index in [-0.39, 0.29) is 12.5 Å². The smallest absolute Gasteiger partial charge is 0.331 e. The van der Waals surface area contributed by atoms with Gasteiger partial charge in [0.25, 0.3) is 11.5 Å². The fourth-order valence-electron chi connectivity index (χ4n) is 5.01. The van der Waals surface area contributed by atoms with Crippen molar-refractivity contribution in [3.8, 4) is 22.8 Å². The average Bonchev–Trinajstić information content (AvgIpc) is 3.39. The molecule has 0 saturated carbocycles. The standard InChI is InChI=1S/C28H30N4O5/c1-30-23-16-22(29-26(23)27(34)31(2)28(30)35)21-10-9-20(15-24(21)36-3)37-17-25(33)32-13-11-19(12-14-32)18-7-5-4-6-8-18/h4-10,15-16,19,29H,11-14,17H2,1-3H3. The molecule has 0 radical (unpaired) electrons. The molecule has 4 aromatic rings. The van der Waals surface area contributed by atoms with E-state index in [9.17, 15) is 14.4 Å². The van der Waals surface area contributed by atoms with Gasteiger partial charge in [0.15, 0.2) is 6.61 Å². The third-order valence-electron chi connectivity index (χ3n) is 7.19. The number of likely N-dealkylation sites (tertiary alicyclic amines) is 1. The molecule has 9 nitrogen and oxygen atoms in total. The lowest BCUT2D eigenvalue weighted by atomic mass is 9.89. The summed E-state index contributed by atoms with van der Waals surface area (Å²) in [6.07, 6.45) is 1.88. The molecule has 2 aromatic heterocycles. The number of ether oxygens (including phenoxy) is 2. The second-order valence-electron chi connectivity index (χ2n) is 9.37. The van der Waals surface area contributed by atoms with Crippen molar-refractivity contribution in [2.24, 2.45) is 14.1 Å². The largest absolute Gasteiger partial charge is 0.496 e. The number of H-pyrrole nitrogens is 1. The first-order valence-corrected chi connectivity index (χ1v) is 12.3. The van der Waals surface area contributed by atoms with Crippen molar-refractivity contribution in [1.29, 1.82) is 0 Å². The summed E-state index contributed by atoms with van der Waals surface area (Å²) in [7, 11) is 4.61. The zero-order chi connectivity index (χ0) is 26.1. The average molecular weight is 503 g/mol. The molecule has 1 fully saturated rings. The van der Waals surface area contributed by atoms with E-state index in [4.69, 9.17) is 9.47 Å². The maximum absolute atomic E-state index is 12.8. The SMILES string of the molecule is COc1cc(OCC(=O)N2CCC(c3ccccc3)CC2)ccc1-c1cc2c([nH]1)c(=O)n(C)c(=O)n2C. The van der Waals surface area contributed by atoms with E-state index < -0.39 is 11.2 Å². The number of methoxy groups -OCH3 is 1. The number of piperidine rings is 1. The molecule has 0 unspecified atom stereocenters. The molecule has 0 atom stereocenters. The van der Waals surface area contributed by atoms with Crippen molar-refractivity contribution >= 4 is 16.9 Å². The molecule has 37 heavy (non-hydrogen) atoms. The molecule has 1 N–H and O–H groups in total. The molecule has 3 heterocycles. The van der Waals surface area contributed by atoms with Gasteiger partial charge in [0.2, 0.25) is 0 Å². The van der Waals surface area contributed by atoms with Crippen molar-refractivity contribution in [2.75, 3.05) is 26.8 Å². The van der Waals surface area contributed by atoms with E-state index in [1.165, 1.54) is 17.2 Å². The van der Waals surface area contributed by atoms with Crippen LogP contribution in [0.15, 0.2) is 64.2 Å². The Morgan fingerprint density at radius 1 is 1.00 bits per heavy atom. The van der Waals surface area contributed by atoms with E-state index in [1.54, 1.807) is 38.4 Å². The van der Waals surface area contributed by atoms with Crippen LogP contribution < -0.4 is 20.7 Å². The number of hydrogen-bond donors (Lipinski definition) is 1. The van der Waals surface area contributed by atoms with E-state index >= 15 is 0 Å². The summed E-state index contributed by atoms with van der Waals surface area (Å²) in [5.41, 5.74) is 2.72. The number of fused-ring (bicyclic) bond motifs is 1. The van der Waals surface area contributed by atoms with E-state index in [0.29, 0.717) is 52.8 Å². The zero-order valence-electron chi connectivity index (χ0n) is 21.2. The number of aromatic amines is 1. The van der Waals surface area contributed by atoms with Crippen LogP contribution in [0, 0.1) is 0 Å². The lowest BCUT2D eigenvalue weighted by Crippen LogP contribution is -2.40. The molecule has 0 bridgehead atoms. The summed E-state index contributed by atoms with van der Waals surface area (Å²) < 4.78 is 13.9. The number of aryl methyl sites for hydroxylation is 1. The van der Waals surface area contributed by atoms with Gasteiger partial charge in [0.05, 0.1) is 18.3 Å². The van der Waals surface area contributed by atoms with Crippen LogP contribution >= 0.6 is 0 Å². The van der Waals surface area contributed by atoms with Crippen LogP contribution in [0.2, 0.25) is 0 Å². The second kappa shape index (κ2) is 10.0. The third-order valence-corrected chi connectivity index (χ3v) is 7.19. The summed E-state index contributed by atoms with van der Waals surface area (Å²) in [4.78, 5) is 42.6. The van der Waals surface area contributed by atoms with Crippen molar-refractivity contribution in [2.45, 2.75) is 18.8 Å². The Morgan fingerprint density at radius 3 is 2.43 bits per heavy atom. The lowest BCUT2D eigenvalue weighted by molar-refractivity contribution is -0.134. The van der Waals surface area contributed by atoms with Crippen molar-refractivity contribution in [3.05, 3.63) is 81.0 Å². The Labute approximate surface area is 213 Å². The van der Waals surface area contributed by atoms with E-state index in [0.717, 1.165) is 17.4 Å². The fraction of sp³-hybridized carbons (Fsp3) is 0.321. The number of benzene rings is 2. The molecule has 1 aliphatic rings. The molecule has 0 spiro atoms. The molecule has 1 aliphatic heterocycles. The normalized spacial score (nSPS) is 14.2. The van der Waals surface area contributed by atoms with E-state index in [2.05, 4.69) is 29.2 Å². The highest BCUT2D eigenvalue weighted by Crippen LogP contribution is 2.34. The van der Waals surface area contributed by atoms with Gasteiger partial charge in [-0.25, -0.2) is 4.79 Å². The topological polar surface area (TPSA) is 98.6 Å². The molecule has 5 rings (SSSR count). The summed E-state index contributed by atoms with van der Waals surface area (Å²) >= 11 is 0. The molecule has 1 saturated heterocycles. The molecular formula is C28H30N4O5. The Bertz CT molecular complexity index is 1560. The number of amides is 1. The van der Waals surface area contributed by atoms with Crippen LogP contribution in [0.3, 0.4) is 0 Å². The molecule has 1 amide bonds. The maximum atomic E-state index is 12.8. The van der Waals surface area contributed by atoms with Crippen LogP contribution in [0.1, 0.15) is 24.3 Å². The highest BCUT2D eigenvalue weighted by Gasteiger charge is 2.24. The first-order valence-electron chi connectivity index (χ1n) is 12.3. The predicted molar refractivity (Wildman–Crippen MR) is 141 cm³/mol. The van der Waals surface area contributed by atoms with Crippen molar-refractivity contribution < 1.29 is 14.3 Å². The minimum Gasteiger partial charge on any atom is -0.496 e. The summed E-state index contributed by atoms with van der Waals surface area (Å²) in [5.74, 6) is 1.46. The molecular weight excluding hydrogens is 472 g/mol. The monoisotopic (exact) mass is 502 g/mol. The fourth-order valence-corrected chi connectivity index (χ4v) is 5.01. The summed E-state index contributed by atoms with van der Waals surface area (Å²) in [5, 5.41) is 0. The first kappa shape index (κ1) is 24.4. The maximum Gasteiger partial charge on any atom is 0.331 e. The van der Waals surface area contributed by atoms with Crippen molar-refractivity contribution in [1.82, 2.24) is 19.0 Å². The van der Waals surface area contributed by atoms with Gasteiger partial charge in [-0.2, -0.15) is 0 Å². The highest BCUT2D eigenvalue weighted by atomic mass is 16.5.